The molecule has 0 radical (unpaired) electrons. The van der Waals surface area contributed by atoms with Crippen LogP contribution >= 0.6 is 35.0 Å². The number of benzene rings is 1. The molecule has 2 rings (SSSR count). The number of carbonyl (C=O) groups is 2. The first-order valence-corrected chi connectivity index (χ1v) is 8.82. The highest BCUT2D eigenvalue weighted by atomic mass is 35.5. The minimum Gasteiger partial charge on any atom is -0.481 e. The summed E-state index contributed by atoms with van der Waals surface area (Å²) in [5.41, 5.74) is -0.159. The van der Waals surface area contributed by atoms with Gasteiger partial charge in [-0.15, -0.1) is 11.8 Å². The van der Waals surface area contributed by atoms with Crippen molar-refractivity contribution < 1.29 is 14.7 Å². The van der Waals surface area contributed by atoms with Gasteiger partial charge in [-0.25, -0.2) is 4.79 Å². The van der Waals surface area contributed by atoms with E-state index >= 15 is 0 Å². The lowest BCUT2D eigenvalue weighted by Crippen LogP contribution is -2.60. The number of hydrogen-bond acceptors (Lipinski definition) is 3. The molecular weight excluding hydrogens is 371 g/mol. The average molecular weight is 389 g/mol. The van der Waals surface area contributed by atoms with Crippen LogP contribution in [0.5, 0.6) is 0 Å². The van der Waals surface area contributed by atoms with Crippen molar-refractivity contribution in [3.63, 3.8) is 0 Å². The van der Waals surface area contributed by atoms with Crippen LogP contribution in [0.15, 0.2) is 29.7 Å². The maximum Gasteiger partial charge on any atom is 0.320 e. The van der Waals surface area contributed by atoms with Crippen LogP contribution in [-0.4, -0.2) is 22.0 Å². The van der Waals surface area contributed by atoms with Gasteiger partial charge in [0.25, 0.3) is 0 Å². The van der Waals surface area contributed by atoms with Gasteiger partial charge in [-0.2, -0.15) is 0 Å². The molecule has 2 atom stereocenters. The summed E-state index contributed by atoms with van der Waals surface area (Å²) in [5, 5.41) is 17.2. The molecule has 1 aliphatic heterocycles. The molecule has 8 heteroatoms. The second-order valence-corrected chi connectivity index (χ2v) is 8.37. The van der Waals surface area contributed by atoms with Crippen molar-refractivity contribution >= 4 is 52.7 Å². The summed E-state index contributed by atoms with van der Waals surface area (Å²) in [6.45, 7) is 5.65. The zero-order valence-corrected chi connectivity index (χ0v) is 15.7. The molecule has 0 spiro atoms. The van der Waals surface area contributed by atoms with E-state index in [0.29, 0.717) is 10.7 Å². The number of thioether (sulfide) groups is 1. The van der Waals surface area contributed by atoms with E-state index in [-0.39, 0.29) is 5.02 Å². The molecule has 3 N–H and O–H groups in total. The van der Waals surface area contributed by atoms with Gasteiger partial charge in [-0.3, -0.25) is 4.79 Å². The molecule has 2 unspecified atom stereocenters. The molecular formula is C16H18Cl2N2O3S. The topological polar surface area (TPSA) is 78.4 Å². The van der Waals surface area contributed by atoms with Crippen molar-refractivity contribution in [2.75, 3.05) is 5.32 Å². The summed E-state index contributed by atoms with van der Waals surface area (Å²) >= 11 is 13.3. The van der Waals surface area contributed by atoms with Crippen molar-refractivity contribution in [3.8, 4) is 0 Å². The van der Waals surface area contributed by atoms with Crippen LogP contribution in [0, 0.1) is 11.3 Å². The predicted octanol–water partition coefficient (Wildman–Crippen LogP) is 4.82. The zero-order chi connectivity index (χ0) is 18.1. The zero-order valence-electron chi connectivity index (χ0n) is 13.4. The van der Waals surface area contributed by atoms with E-state index in [1.807, 2.05) is 20.8 Å². The highest BCUT2D eigenvalue weighted by Crippen LogP contribution is 2.50. The van der Waals surface area contributed by atoms with Gasteiger partial charge in [0.1, 0.15) is 10.8 Å². The SMILES string of the molecule is CC(C)(C)C1(NC(=O)Nc2cccc(Cl)c2Cl)SC=CC1C(=O)O. The Hall–Kier alpha value is -1.37. The van der Waals surface area contributed by atoms with Crippen LogP contribution in [0.25, 0.3) is 0 Å². The predicted molar refractivity (Wildman–Crippen MR) is 98.7 cm³/mol. The minimum atomic E-state index is -1.02. The number of halogens is 2. The van der Waals surface area contributed by atoms with E-state index in [1.165, 1.54) is 11.8 Å². The van der Waals surface area contributed by atoms with Crippen LogP contribution in [0.4, 0.5) is 10.5 Å². The molecule has 1 aromatic rings. The number of rotatable bonds is 3. The Labute approximate surface area is 154 Å². The van der Waals surface area contributed by atoms with Crippen molar-refractivity contribution in [3.05, 3.63) is 39.7 Å². The largest absolute Gasteiger partial charge is 0.481 e. The second kappa shape index (κ2) is 6.86. The lowest BCUT2D eigenvalue weighted by atomic mass is 9.78. The Morgan fingerprint density at radius 1 is 1.29 bits per heavy atom. The fourth-order valence-corrected chi connectivity index (χ4v) is 4.18. The summed E-state index contributed by atoms with van der Waals surface area (Å²) < 4.78 is 0. The van der Waals surface area contributed by atoms with E-state index in [4.69, 9.17) is 23.2 Å². The molecule has 1 aliphatic rings. The van der Waals surface area contributed by atoms with E-state index in [9.17, 15) is 14.7 Å². The van der Waals surface area contributed by atoms with Gasteiger partial charge >= 0.3 is 12.0 Å². The summed E-state index contributed by atoms with van der Waals surface area (Å²) in [7, 11) is 0. The number of carbonyl (C=O) groups excluding carboxylic acids is 1. The molecule has 0 aliphatic carbocycles. The highest BCUT2D eigenvalue weighted by molar-refractivity contribution is 8.03. The average Bonchev–Trinajstić information content (AvgIpc) is 2.88. The maximum atomic E-state index is 12.5. The van der Waals surface area contributed by atoms with Gasteiger partial charge < -0.3 is 15.7 Å². The van der Waals surface area contributed by atoms with Gasteiger partial charge in [0.2, 0.25) is 0 Å². The molecule has 0 aromatic heterocycles. The lowest BCUT2D eigenvalue weighted by molar-refractivity contribution is -0.142. The van der Waals surface area contributed by atoms with E-state index in [0.717, 1.165) is 0 Å². The van der Waals surface area contributed by atoms with Gasteiger partial charge in [0.15, 0.2) is 0 Å². The van der Waals surface area contributed by atoms with Gasteiger partial charge in [-0.1, -0.05) is 56.1 Å². The number of nitrogens with one attached hydrogen (secondary N) is 2. The van der Waals surface area contributed by atoms with Crippen LogP contribution < -0.4 is 10.6 Å². The van der Waals surface area contributed by atoms with Gasteiger partial charge in [-0.05, 0) is 23.0 Å². The molecule has 130 valence electrons. The Morgan fingerprint density at radius 2 is 1.96 bits per heavy atom. The quantitative estimate of drug-likeness (QED) is 0.693. The normalized spacial score (nSPS) is 23.1. The molecule has 1 heterocycles. The molecule has 24 heavy (non-hydrogen) atoms. The summed E-state index contributed by atoms with van der Waals surface area (Å²) in [6.07, 6.45) is 1.59. The maximum absolute atomic E-state index is 12.5. The van der Waals surface area contributed by atoms with Crippen molar-refractivity contribution in [1.29, 1.82) is 0 Å². The standard InChI is InChI=1S/C16H18Cl2N2O3S/c1-15(2,3)16(9(13(21)22)7-8-24-16)20-14(23)19-11-6-4-5-10(17)12(11)18/h4-9H,1-3H3,(H,21,22)(H2,19,20,23). The Morgan fingerprint density at radius 3 is 2.54 bits per heavy atom. The highest BCUT2D eigenvalue weighted by Gasteiger charge is 2.54. The first-order chi connectivity index (χ1) is 11.1. The number of urea groups is 1. The van der Waals surface area contributed by atoms with Gasteiger partial charge in [0, 0.05) is 0 Å². The summed E-state index contributed by atoms with van der Waals surface area (Å²) in [5.74, 6) is -1.84. The fourth-order valence-electron chi connectivity index (χ4n) is 2.55. The third kappa shape index (κ3) is 3.50. The number of aliphatic carboxylic acids is 1. The molecule has 1 aromatic carbocycles. The van der Waals surface area contributed by atoms with Crippen molar-refractivity contribution in [2.45, 2.75) is 25.6 Å². The smallest absolute Gasteiger partial charge is 0.320 e. The van der Waals surface area contributed by atoms with Crippen LogP contribution in [0.2, 0.25) is 10.0 Å². The third-order valence-electron chi connectivity index (χ3n) is 3.84. The van der Waals surface area contributed by atoms with E-state index in [1.54, 1.807) is 29.7 Å². The third-order valence-corrected chi connectivity index (χ3v) is 6.29. The monoisotopic (exact) mass is 388 g/mol. The van der Waals surface area contributed by atoms with Crippen LogP contribution in [0.1, 0.15) is 20.8 Å². The first-order valence-electron chi connectivity index (χ1n) is 7.19. The minimum absolute atomic E-state index is 0.228. The van der Waals surface area contributed by atoms with Crippen LogP contribution in [-0.2, 0) is 4.79 Å². The number of carboxylic acid groups (broad SMARTS) is 1. The van der Waals surface area contributed by atoms with Gasteiger partial charge in [0.05, 0.1) is 15.7 Å². The first kappa shape index (κ1) is 19.0. The van der Waals surface area contributed by atoms with Crippen LogP contribution in [0.3, 0.4) is 0 Å². The molecule has 0 fully saturated rings. The second-order valence-electron chi connectivity index (χ2n) is 6.43. The fraction of sp³-hybridized carbons (Fsp3) is 0.375. The number of carboxylic acids is 1. The summed E-state index contributed by atoms with van der Waals surface area (Å²) in [6, 6.07) is 4.35. The molecule has 2 amide bonds. The lowest BCUT2D eigenvalue weighted by Gasteiger charge is -2.44. The Bertz CT molecular complexity index is 703. The Kier molecular flexibility index (Phi) is 5.42. The Balaban J connectivity index is 2.26. The molecule has 5 nitrogen and oxygen atoms in total. The summed E-state index contributed by atoms with van der Waals surface area (Å²) in [4.78, 5) is 23.1. The van der Waals surface area contributed by atoms with Crippen molar-refractivity contribution in [2.24, 2.45) is 11.3 Å². The molecule has 0 saturated carbocycles. The van der Waals surface area contributed by atoms with Crippen molar-refractivity contribution in [1.82, 2.24) is 5.32 Å². The van der Waals surface area contributed by atoms with E-state index < -0.39 is 28.2 Å². The number of hydrogen-bond donors (Lipinski definition) is 3. The van der Waals surface area contributed by atoms with E-state index in [2.05, 4.69) is 10.6 Å². The molecule has 0 saturated heterocycles. The number of anilines is 1. The number of amides is 2. The molecule has 0 bridgehead atoms.